The highest BCUT2D eigenvalue weighted by molar-refractivity contribution is 6.14. The third kappa shape index (κ3) is 4.36. The number of fused-ring (bicyclic) bond motifs is 1. The molecule has 0 bridgehead atoms. The average Bonchev–Trinajstić information content (AvgIpc) is 3.13. The lowest BCUT2D eigenvalue weighted by atomic mass is 10.1. The molecule has 0 amide bonds. The van der Waals surface area contributed by atoms with Gasteiger partial charge in [-0.15, -0.1) is 0 Å². The number of carbonyl (C=O) groups excluding carboxylic acids is 2. The largest absolute Gasteiger partial charge is 0.496 e. The Labute approximate surface area is 188 Å². The second kappa shape index (κ2) is 9.04. The topological polar surface area (TPSA) is 80.3 Å². The number of esters is 1. The zero-order chi connectivity index (χ0) is 23.5. The van der Waals surface area contributed by atoms with Gasteiger partial charge in [0.1, 0.15) is 23.1 Å². The maximum Gasteiger partial charge on any atom is 0.343 e. The Morgan fingerprint density at radius 1 is 0.879 bits per heavy atom. The van der Waals surface area contributed by atoms with Gasteiger partial charge in [0, 0.05) is 17.7 Å². The molecule has 0 saturated carbocycles. The quantitative estimate of drug-likeness (QED) is 0.306. The van der Waals surface area contributed by atoms with Gasteiger partial charge in [-0.2, -0.15) is 0 Å². The van der Waals surface area contributed by atoms with Gasteiger partial charge < -0.3 is 23.7 Å². The second-order valence-corrected chi connectivity index (χ2v) is 6.94. The predicted octanol–water partition coefficient (Wildman–Crippen LogP) is 4.69. The van der Waals surface area contributed by atoms with Gasteiger partial charge in [0.05, 0.1) is 32.5 Å². The summed E-state index contributed by atoms with van der Waals surface area (Å²) in [5.41, 5.74) is 1.06. The summed E-state index contributed by atoms with van der Waals surface area (Å²) in [6, 6.07) is 12.7. The Morgan fingerprint density at radius 2 is 1.55 bits per heavy atom. The SMILES string of the molecule is COc1cc(OC)c(OC)cc1C=C1Oc2cc(OC(=O)c3ccc(F)cc3)ccc2C1=O. The molecule has 0 saturated heterocycles. The van der Waals surface area contributed by atoms with Gasteiger partial charge >= 0.3 is 5.97 Å². The highest BCUT2D eigenvalue weighted by atomic mass is 19.1. The van der Waals surface area contributed by atoms with Crippen LogP contribution in [0.5, 0.6) is 28.7 Å². The highest BCUT2D eigenvalue weighted by Gasteiger charge is 2.29. The van der Waals surface area contributed by atoms with Gasteiger partial charge in [-0.3, -0.25) is 4.79 Å². The van der Waals surface area contributed by atoms with E-state index in [-0.39, 0.29) is 28.6 Å². The van der Waals surface area contributed by atoms with E-state index in [2.05, 4.69) is 0 Å². The van der Waals surface area contributed by atoms with Crippen molar-refractivity contribution < 1.29 is 37.7 Å². The summed E-state index contributed by atoms with van der Waals surface area (Å²) in [4.78, 5) is 25.1. The summed E-state index contributed by atoms with van der Waals surface area (Å²) < 4.78 is 40.1. The van der Waals surface area contributed by atoms with E-state index in [1.165, 1.54) is 69.9 Å². The van der Waals surface area contributed by atoms with E-state index >= 15 is 0 Å². The van der Waals surface area contributed by atoms with Crippen LogP contribution in [0.25, 0.3) is 6.08 Å². The van der Waals surface area contributed by atoms with E-state index < -0.39 is 11.8 Å². The summed E-state index contributed by atoms with van der Waals surface area (Å²) in [7, 11) is 4.51. The fraction of sp³-hybridized carbons (Fsp3) is 0.120. The van der Waals surface area contributed by atoms with Crippen molar-refractivity contribution in [2.45, 2.75) is 0 Å². The molecular weight excluding hydrogens is 431 g/mol. The van der Waals surface area contributed by atoms with E-state index in [0.29, 0.717) is 28.4 Å². The van der Waals surface area contributed by atoms with Gasteiger partial charge in [0.15, 0.2) is 17.3 Å². The Bertz CT molecular complexity index is 1260. The number of benzene rings is 3. The van der Waals surface area contributed by atoms with Crippen LogP contribution < -0.4 is 23.7 Å². The van der Waals surface area contributed by atoms with E-state index in [0.717, 1.165) is 0 Å². The molecule has 3 aromatic carbocycles. The molecule has 1 aliphatic heterocycles. The Balaban J connectivity index is 1.59. The van der Waals surface area contributed by atoms with E-state index in [9.17, 15) is 14.0 Å². The highest BCUT2D eigenvalue weighted by Crippen LogP contribution is 2.39. The van der Waals surface area contributed by atoms with E-state index in [1.807, 2.05) is 0 Å². The van der Waals surface area contributed by atoms with Crippen molar-refractivity contribution in [1.29, 1.82) is 0 Å². The zero-order valence-electron chi connectivity index (χ0n) is 18.0. The molecule has 33 heavy (non-hydrogen) atoms. The van der Waals surface area contributed by atoms with Crippen LogP contribution in [-0.4, -0.2) is 33.1 Å². The van der Waals surface area contributed by atoms with Crippen molar-refractivity contribution in [3.05, 3.63) is 82.9 Å². The van der Waals surface area contributed by atoms with E-state index in [4.69, 9.17) is 23.7 Å². The molecule has 168 valence electrons. The Hall–Kier alpha value is -4.33. The first kappa shape index (κ1) is 21.9. The zero-order valence-corrected chi connectivity index (χ0v) is 18.0. The smallest absolute Gasteiger partial charge is 0.343 e. The first-order chi connectivity index (χ1) is 15.9. The number of Topliss-reactive ketones (excluding diaryl/α,β-unsaturated/α-hetero) is 1. The average molecular weight is 450 g/mol. The van der Waals surface area contributed by atoms with Gasteiger partial charge in [0.25, 0.3) is 0 Å². The number of ether oxygens (including phenoxy) is 5. The van der Waals surface area contributed by atoms with Gasteiger partial charge in [-0.05, 0) is 48.5 Å². The molecule has 0 unspecified atom stereocenters. The first-order valence-corrected chi connectivity index (χ1v) is 9.79. The third-order valence-corrected chi connectivity index (χ3v) is 4.95. The summed E-state index contributed by atoms with van der Waals surface area (Å²) in [5.74, 6) is 0.439. The number of hydrogen-bond acceptors (Lipinski definition) is 7. The van der Waals surface area contributed by atoms with Crippen LogP contribution in [0.3, 0.4) is 0 Å². The van der Waals surface area contributed by atoms with Crippen LogP contribution in [0.1, 0.15) is 26.3 Å². The van der Waals surface area contributed by atoms with Crippen LogP contribution in [0.2, 0.25) is 0 Å². The fourth-order valence-corrected chi connectivity index (χ4v) is 3.29. The lowest BCUT2D eigenvalue weighted by Gasteiger charge is -2.12. The number of hydrogen-bond donors (Lipinski definition) is 0. The molecule has 7 nitrogen and oxygen atoms in total. The van der Waals surface area contributed by atoms with Crippen LogP contribution >= 0.6 is 0 Å². The van der Waals surface area contributed by atoms with Gasteiger partial charge in [-0.1, -0.05) is 0 Å². The van der Waals surface area contributed by atoms with Crippen molar-refractivity contribution in [2.24, 2.45) is 0 Å². The standard InChI is InChI=1S/C25H19FO7/c1-29-19-13-22(31-3)21(30-2)10-15(19)11-23-24(27)18-9-8-17(12-20(18)33-23)32-25(28)14-4-6-16(26)7-5-14/h4-13H,1-3H3. The molecule has 0 radical (unpaired) electrons. The molecule has 0 N–H and O–H groups in total. The van der Waals surface area contributed by atoms with Crippen molar-refractivity contribution in [1.82, 2.24) is 0 Å². The van der Waals surface area contributed by atoms with E-state index in [1.54, 1.807) is 12.1 Å². The number of rotatable bonds is 6. The summed E-state index contributed by atoms with van der Waals surface area (Å²) in [5, 5.41) is 0. The predicted molar refractivity (Wildman–Crippen MR) is 117 cm³/mol. The second-order valence-electron chi connectivity index (χ2n) is 6.94. The molecule has 3 aromatic rings. The molecule has 1 heterocycles. The maximum atomic E-state index is 13.1. The van der Waals surface area contributed by atoms with Crippen LogP contribution in [0.4, 0.5) is 4.39 Å². The van der Waals surface area contributed by atoms with Crippen molar-refractivity contribution in [2.75, 3.05) is 21.3 Å². The monoisotopic (exact) mass is 450 g/mol. The molecule has 0 aliphatic carbocycles. The number of halogens is 1. The van der Waals surface area contributed by atoms with Gasteiger partial charge in [0.2, 0.25) is 5.78 Å². The molecule has 0 aromatic heterocycles. The molecule has 8 heteroatoms. The fourth-order valence-electron chi connectivity index (χ4n) is 3.29. The van der Waals surface area contributed by atoms with Gasteiger partial charge in [-0.25, -0.2) is 9.18 Å². The first-order valence-electron chi connectivity index (χ1n) is 9.79. The summed E-state index contributed by atoms with van der Waals surface area (Å²) in [6.07, 6.45) is 1.54. The molecule has 1 aliphatic rings. The molecule has 0 spiro atoms. The minimum Gasteiger partial charge on any atom is -0.496 e. The molecular formula is C25H19FO7. The van der Waals surface area contributed by atoms with Crippen LogP contribution in [-0.2, 0) is 0 Å². The van der Waals surface area contributed by atoms with Crippen molar-refractivity contribution in [3.8, 4) is 28.7 Å². The maximum absolute atomic E-state index is 13.1. The number of carbonyl (C=O) groups is 2. The normalized spacial score (nSPS) is 13.3. The van der Waals surface area contributed by atoms with Crippen LogP contribution in [0.15, 0.2) is 60.4 Å². The lowest BCUT2D eigenvalue weighted by molar-refractivity contribution is 0.0734. The molecule has 0 atom stereocenters. The molecule has 0 fully saturated rings. The molecule has 4 rings (SSSR count). The Kier molecular flexibility index (Phi) is 5.99. The van der Waals surface area contributed by atoms with Crippen molar-refractivity contribution >= 4 is 17.8 Å². The number of ketones is 1. The Morgan fingerprint density at radius 3 is 2.21 bits per heavy atom. The number of allylic oxidation sites excluding steroid dienone is 1. The van der Waals surface area contributed by atoms with Crippen molar-refractivity contribution in [3.63, 3.8) is 0 Å². The lowest BCUT2D eigenvalue weighted by Crippen LogP contribution is -2.08. The summed E-state index contributed by atoms with van der Waals surface area (Å²) >= 11 is 0. The van der Waals surface area contributed by atoms with Crippen LogP contribution in [0, 0.1) is 5.82 Å². The summed E-state index contributed by atoms with van der Waals surface area (Å²) in [6.45, 7) is 0. The minimum atomic E-state index is -0.662. The third-order valence-electron chi connectivity index (χ3n) is 4.95. The minimum absolute atomic E-state index is 0.0672. The number of methoxy groups -OCH3 is 3.